The van der Waals surface area contributed by atoms with E-state index in [2.05, 4.69) is 42.9 Å². The molecule has 1 atom stereocenters. The number of thioether (sulfide) groups is 1. The number of quaternary nitrogens is 1. The summed E-state index contributed by atoms with van der Waals surface area (Å²) in [6, 6.07) is 0. The van der Waals surface area contributed by atoms with E-state index in [-0.39, 0.29) is 12.4 Å². The van der Waals surface area contributed by atoms with Gasteiger partial charge in [-0.2, -0.15) is 0 Å². The molecular formula is C18H37ClN2S. The van der Waals surface area contributed by atoms with E-state index in [1.54, 1.807) is 4.90 Å². The lowest BCUT2D eigenvalue weighted by Gasteiger charge is -2.14. The number of halogens is 1. The van der Waals surface area contributed by atoms with Crippen molar-refractivity contribution in [1.29, 1.82) is 0 Å². The highest BCUT2D eigenvalue weighted by Crippen LogP contribution is 2.11. The summed E-state index contributed by atoms with van der Waals surface area (Å²) in [4.78, 5) is 3.99. The molecule has 1 heterocycles. The molecule has 0 amide bonds. The second-order valence-electron chi connectivity index (χ2n) is 6.27. The largest absolute Gasteiger partial charge is 1.00 e. The molecule has 22 heavy (non-hydrogen) atoms. The summed E-state index contributed by atoms with van der Waals surface area (Å²) in [7, 11) is 0. The minimum absolute atomic E-state index is 0. The first-order chi connectivity index (χ1) is 10.4. The van der Waals surface area contributed by atoms with Crippen molar-refractivity contribution in [2.45, 2.75) is 78.1 Å². The van der Waals surface area contributed by atoms with Gasteiger partial charge >= 0.3 is 0 Å². The maximum absolute atomic E-state index is 2.39. The molecule has 0 radical (unpaired) electrons. The van der Waals surface area contributed by atoms with E-state index in [1.807, 2.05) is 0 Å². The maximum atomic E-state index is 2.39. The molecule has 1 rings (SSSR count). The van der Waals surface area contributed by atoms with Gasteiger partial charge in [0.2, 0.25) is 0 Å². The Morgan fingerprint density at radius 1 is 0.909 bits per heavy atom. The molecule has 4 heteroatoms. The summed E-state index contributed by atoms with van der Waals surface area (Å²) in [5, 5.41) is 0. The second-order valence-corrected chi connectivity index (χ2v) is 7.38. The van der Waals surface area contributed by atoms with E-state index in [9.17, 15) is 0 Å². The Morgan fingerprint density at radius 2 is 1.50 bits per heavy atom. The Hall–Kier alpha value is 0.140. The Labute approximate surface area is 149 Å². The molecular weight excluding hydrogens is 312 g/mol. The number of unbranched alkanes of at least 4 members (excludes halogenated alkanes) is 9. The lowest BCUT2D eigenvalue weighted by atomic mass is 10.1. The summed E-state index contributed by atoms with van der Waals surface area (Å²) in [6.45, 7) is 6.83. The zero-order valence-corrected chi connectivity index (χ0v) is 16.4. The second kappa shape index (κ2) is 16.0. The smallest absolute Gasteiger partial charge is 0.157 e. The topological polar surface area (TPSA) is 7.68 Å². The lowest BCUT2D eigenvalue weighted by Crippen LogP contribution is -3.06. The molecule has 1 N–H and O–H groups in total. The summed E-state index contributed by atoms with van der Waals surface area (Å²) in [6.07, 6.45) is 19.0. The fourth-order valence-electron chi connectivity index (χ4n) is 2.78. The van der Waals surface area contributed by atoms with Crippen LogP contribution in [0.5, 0.6) is 0 Å². The molecule has 0 aromatic heterocycles. The van der Waals surface area contributed by atoms with Crippen molar-refractivity contribution in [2.24, 2.45) is 0 Å². The molecule has 0 aliphatic carbocycles. The number of hydrogen-bond acceptors (Lipinski definition) is 2. The molecule has 132 valence electrons. The van der Waals surface area contributed by atoms with Crippen LogP contribution >= 0.6 is 11.8 Å². The third-order valence-electron chi connectivity index (χ3n) is 4.26. The standard InChI is InChI=1S/C18H36N2S.ClH/c1-3-5-6-7-8-9-10-11-12-13-16-21-18-20-15-14-19(4-2)17-20;/h14-15H,3-13,16-18H2,1-2H3;1H. The van der Waals surface area contributed by atoms with Gasteiger partial charge in [0.15, 0.2) is 6.67 Å². The van der Waals surface area contributed by atoms with Crippen LogP contribution in [0.25, 0.3) is 0 Å². The predicted molar refractivity (Wildman–Crippen MR) is 96.5 cm³/mol. The van der Waals surface area contributed by atoms with Crippen LogP contribution in [-0.2, 0) is 0 Å². The third-order valence-corrected chi connectivity index (χ3v) is 5.42. The average Bonchev–Trinajstić information content (AvgIpc) is 2.96. The summed E-state index contributed by atoms with van der Waals surface area (Å²) < 4.78 is 0. The molecule has 0 bridgehead atoms. The number of nitrogens with zero attached hydrogens (tertiary/aromatic N) is 1. The normalized spacial score (nSPS) is 17.0. The molecule has 1 aliphatic heterocycles. The summed E-state index contributed by atoms with van der Waals surface area (Å²) in [5.41, 5.74) is 0. The number of rotatable bonds is 14. The Bertz CT molecular complexity index is 261. The lowest BCUT2D eigenvalue weighted by molar-refractivity contribution is -0.834. The minimum Gasteiger partial charge on any atom is -1.00 e. The quantitative estimate of drug-likeness (QED) is 0.472. The first-order valence-corrected chi connectivity index (χ1v) is 10.4. The van der Waals surface area contributed by atoms with Crippen molar-refractivity contribution >= 4 is 11.8 Å². The Morgan fingerprint density at radius 3 is 2.05 bits per heavy atom. The van der Waals surface area contributed by atoms with E-state index in [0.717, 1.165) is 6.54 Å². The van der Waals surface area contributed by atoms with Crippen LogP contribution in [0.1, 0.15) is 78.1 Å². The first kappa shape index (κ1) is 22.1. The van der Waals surface area contributed by atoms with Gasteiger partial charge < -0.3 is 17.3 Å². The molecule has 0 saturated carbocycles. The van der Waals surface area contributed by atoms with Crippen LogP contribution in [0.15, 0.2) is 12.4 Å². The van der Waals surface area contributed by atoms with Gasteiger partial charge in [-0.1, -0.05) is 64.7 Å². The van der Waals surface area contributed by atoms with Crippen LogP contribution in [0, 0.1) is 0 Å². The van der Waals surface area contributed by atoms with Crippen molar-refractivity contribution in [1.82, 2.24) is 4.90 Å². The van der Waals surface area contributed by atoms with Crippen LogP contribution in [0.4, 0.5) is 0 Å². The van der Waals surface area contributed by atoms with E-state index >= 15 is 0 Å². The molecule has 1 aliphatic rings. The molecule has 1 unspecified atom stereocenters. The van der Waals surface area contributed by atoms with Crippen molar-refractivity contribution in [2.75, 3.05) is 24.8 Å². The minimum atomic E-state index is 0. The molecule has 2 nitrogen and oxygen atoms in total. The molecule has 0 saturated heterocycles. The Balaban J connectivity index is 0.00000441. The highest BCUT2D eigenvalue weighted by Gasteiger charge is 2.14. The summed E-state index contributed by atoms with van der Waals surface area (Å²) in [5.74, 6) is 2.59. The molecule has 0 aromatic rings. The van der Waals surface area contributed by atoms with E-state index in [0.29, 0.717) is 0 Å². The van der Waals surface area contributed by atoms with E-state index in [4.69, 9.17) is 0 Å². The van der Waals surface area contributed by atoms with E-state index < -0.39 is 0 Å². The monoisotopic (exact) mass is 348 g/mol. The van der Waals surface area contributed by atoms with Crippen LogP contribution in [0.3, 0.4) is 0 Å². The van der Waals surface area contributed by atoms with Gasteiger partial charge in [-0.25, -0.2) is 0 Å². The van der Waals surface area contributed by atoms with Gasteiger partial charge in [0.05, 0.1) is 6.20 Å². The zero-order valence-electron chi connectivity index (χ0n) is 14.8. The highest BCUT2D eigenvalue weighted by molar-refractivity contribution is 7.99. The van der Waals surface area contributed by atoms with Gasteiger partial charge in [0, 0.05) is 6.54 Å². The van der Waals surface area contributed by atoms with Crippen molar-refractivity contribution in [3.05, 3.63) is 12.4 Å². The fourth-order valence-corrected chi connectivity index (χ4v) is 3.79. The van der Waals surface area contributed by atoms with Gasteiger partial charge in [-0.15, -0.1) is 11.8 Å². The van der Waals surface area contributed by atoms with Crippen LogP contribution < -0.4 is 17.3 Å². The Kier molecular flexibility index (Phi) is 16.1. The molecule has 0 spiro atoms. The van der Waals surface area contributed by atoms with Crippen LogP contribution in [0.2, 0.25) is 0 Å². The van der Waals surface area contributed by atoms with Crippen molar-refractivity contribution in [3.8, 4) is 0 Å². The fraction of sp³-hybridized carbons (Fsp3) is 0.889. The van der Waals surface area contributed by atoms with Gasteiger partial charge in [-0.05, 0) is 19.1 Å². The first-order valence-electron chi connectivity index (χ1n) is 9.21. The number of nitrogens with one attached hydrogen (secondary N) is 1. The summed E-state index contributed by atoms with van der Waals surface area (Å²) >= 11 is 2.13. The van der Waals surface area contributed by atoms with Crippen molar-refractivity contribution < 1.29 is 17.3 Å². The zero-order chi connectivity index (χ0) is 15.2. The predicted octanol–water partition coefficient (Wildman–Crippen LogP) is 1.25. The third kappa shape index (κ3) is 11.7. The van der Waals surface area contributed by atoms with Crippen LogP contribution in [-0.4, -0.2) is 29.7 Å². The average molecular weight is 349 g/mol. The maximum Gasteiger partial charge on any atom is 0.157 e. The van der Waals surface area contributed by atoms with Gasteiger partial charge in [0.25, 0.3) is 0 Å². The number of hydrogen-bond donors (Lipinski definition) is 1. The SMILES string of the molecule is CCCCCCCCCCCCSC[NH+]1C=CN(CC)C1.[Cl-]. The highest BCUT2D eigenvalue weighted by atomic mass is 35.5. The van der Waals surface area contributed by atoms with E-state index in [1.165, 1.54) is 82.5 Å². The van der Waals surface area contributed by atoms with Gasteiger partial charge in [-0.3, -0.25) is 4.90 Å². The van der Waals surface area contributed by atoms with Crippen molar-refractivity contribution in [3.63, 3.8) is 0 Å². The molecule has 0 aromatic carbocycles. The molecule has 0 fully saturated rings. The van der Waals surface area contributed by atoms with Gasteiger partial charge in [0.1, 0.15) is 12.1 Å².